The van der Waals surface area contributed by atoms with Crippen molar-refractivity contribution in [3.63, 3.8) is 0 Å². The number of para-hydroxylation sites is 2. The Bertz CT molecular complexity index is 447. The predicted molar refractivity (Wildman–Crippen MR) is 67.4 cm³/mol. The first-order chi connectivity index (χ1) is 7.94. The van der Waals surface area contributed by atoms with Crippen LogP contribution in [0.1, 0.15) is 13.8 Å². The van der Waals surface area contributed by atoms with Crippen molar-refractivity contribution >= 4 is 11.6 Å². The van der Waals surface area contributed by atoms with Crippen molar-refractivity contribution in [2.24, 2.45) is 0 Å². The smallest absolute Gasteiger partial charge is 0.259 e. The highest BCUT2D eigenvalue weighted by Gasteiger charge is 2.17. The third-order valence-corrected chi connectivity index (χ3v) is 2.09. The number of terminal acetylenes is 1. The highest BCUT2D eigenvalue weighted by Crippen LogP contribution is 2.19. The summed E-state index contributed by atoms with van der Waals surface area (Å²) in [5.74, 6) is 2.68. The van der Waals surface area contributed by atoms with E-state index in [9.17, 15) is 4.79 Å². The number of ether oxygens (including phenoxy) is 1. The van der Waals surface area contributed by atoms with Gasteiger partial charge in [-0.2, -0.15) is 0 Å². The number of hydrogen-bond donors (Lipinski definition) is 2. The van der Waals surface area contributed by atoms with Crippen molar-refractivity contribution in [3.8, 4) is 18.1 Å². The fraction of sp³-hybridized carbons (Fsp3) is 0.308. The Kier molecular flexibility index (Phi) is 4.00. The number of nitrogens with two attached hydrogens (primary N) is 1. The van der Waals surface area contributed by atoms with Crippen molar-refractivity contribution in [2.45, 2.75) is 19.4 Å². The van der Waals surface area contributed by atoms with Crippen LogP contribution in [0.2, 0.25) is 0 Å². The van der Waals surface area contributed by atoms with Crippen LogP contribution in [0.25, 0.3) is 0 Å². The lowest BCUT2D eigenvalue weighted by atomic mass is 10.1. The van der Waals surface area contributed by atoms with E-state index in [1.165, 1.54) is 0 Å². The van der Waals surface area contributed by atoms with E-state index < -0.39 is 5.54 Å². The van der Waals surface area contributed by atoms with Crippen LogP contribution in [0, 0.1) is 12.3 Å². The molecule has 0 spiro atoms. The van der Waals surface area contributed by atoms with Gasteiger partial charge in [0.05, 0.1) is 11.2 Å². The van der Waals surface area contributed by atoms with Gasteiger partial charge in [0.1, 0.15) is 5.75 Å². The summed E-state index contributed by atoms with van der Waals surface area (Å²) in [4.78, 5) is 11.5. The van der Waals surface area contributed by atoms with E-state index in [2.05, 4.69) is 11.2 Å². The fourth-order valence-corrected chi connectivity index (χ4v) is 1.18. The Hall–Kier alpha value is -2.15. The summed E-state index contributed by atoms with van der Waals surface area (Å²) in [6.45, 7) is 3.36. The van der Waals surface area contributed by atoms with E-state index in [0.717, 1.165) is 0 Å². The molecule has 0 saturated carbocycles. The molecule has 0 bridgehead atoms. The van der Waals surface area contributed by atoms with Gasteiger partial charge in [0.2, 0.25) is 0 Å². The number of carbonyl (C=O) groups excluding carboxylic acids is 1. The molecular weight excluding hydrogens is 216 g/mol. The summed E-state index contributed by atoms with van der Waals surface area (Å²) in [6.07, 6.45) is 5.26. The standard InChI is InChI=1S/C13H16N2O2/c1-4-13(2,3)15-12(16)9-17-11-8-6-5-7-10(11)14/h1,5-8H,9,14H2,2-3H3,(H,15,16). The van der Waals surface area contributed by atoms with Crippen molar-refractivity contribution in [1.82, 2.24) is 5.32 Å². The Morgan fingerprint density at radius 2 is 2.18 bits per heavy atom. The molecule has 0 aliphatic carbocycles. The number of benzene rings is 1. The van der Waals surface area contributed by atoms with Crippen LogP contribution < -0.4 is 15.8 Å². The molecule has 1 amide bonds. The molecule has 0 aromatic heterocycles. The molecule has 1 aromatic carbocycles. The highest BCUT2D eigenvalue weighted by molar-refractivity contribution is 5.79. The molecule has 0 heterocycles. The third kappa shape index (κ3) is 4.07. The molecule has 0 atom stereocenters. The third-order valence-electron chi connectivity index (χ3n) is 2.09. The summed E-state index contributed by atoms with van der Waals surface area (Å²) >= 11 is 0. The number of amides is 1. The van der Waals surface area contributed by atoms with Crippen LogP contribution in [-0.2, 0) is 4.79 Å². The molecule has 1 aromatic rings. The molecule has 4 heteroatoms. The maximum Gasteiger partial charge on any atom is 0.259 e. The number of hydrogen-bond acceptors (Lipinski definition) is 3. The predicted octanol–water partition coefficient (Wildman–Crippen LogP) is 1.18. The molecule has 1 rings (SSSR count). The molecule has 0 aliphatic heterocycles. The first-order valence-corrected chi connectivity index (χ1v) is 5.21. The van der Waals surface area contributed by atoms with Crippen molar-refractivity contribution in [3.05, 3.63) is 24.3 Å². The van der Waals surface area contributed by atoms with E-state index in [0.29, 0.717) is 11.4 Å². The van der Waals surface area contributed by atoms with Crippen molar-refractivity contribution in [2.75, 3.05) is 12.3 Å². The van der Waals surface area contributed by atoms with Gasteiger partial charge in [0, 0.05) is 0 Å². The Morgan fingerprint density at radius 3 is 2.76 bits per heavy atom. The normalized spacial score (nSPS) is 10.4. The van der Waals surface area contributed by atoms with Crippen LogP contribution in [-0.4, -0.2) is 18.1 Å². The largest absolute Gasteiger partial charge is 0.482 e. The van der Waals surface area contributed by atoms with E-state index in [4.69, 9.17) is 16.9 Å². The SMILES string of the molecule is C#CC(C)(C)NC(=O)COc1ccccc1N. The number of carbonyl (C=O) groups is 1. The topological polar surface area (TPSA) is 64.3 Å². The zero-order chi connectivity index (χ0) is 12.9. The minimum Gasteiger partial charge on any atom is -0.482 e. The lowest BCUT2D eigenvalue weighted by Crippen LogP contribution is -2.44. The number of nitrogens with one attached hydrogen (secondary N) is 1. The lowest BCUT2D eigenvalue weighted by molar-refractivity contribution is -0.124. The van der Waals surface area contributed by atoms with Gasteiger partial charge in [-0.15, -0.1) is 6.42 Å². The van der Waals surface area contributed by atoms with Crippen LogP contribution in [0.15, 0.2) is 24.3 Å². The Morgan fingerprint density at radius 1 is 1.53 bits per heavy atom. The first kappa shape index (κ1) is 12.9. The van der Waals surface area contributed by atoms with Crippen LogP contribution in [0.3, 0.4) is 0 Å². The Labute approximate surface area is 101 Å². The van der Waals surface area contributed by atoms with E-state index in [1.807, 2.05) is 0 Å². The van der Waals surface area contributed by atoms with Gasteiger partial charge < -0.3 is 15.8 Å². The van der Waals surface area contributed by atoms with Gasteiger partial charge in [0.15, 0.2) is 6.61 Å². The maximum atomic E-state index is 11.5. The second-order valence-electron chi connectivity index (χ2n) is 4.14. The van der Waals surface area contributed by atoms with Gasteiger partial charge >= 0.3 is 0 Å². The van der Waals surface area contributed by atoms with Gasteiger partial charge in [-0.3, -0.25) is 4.79 Å². The van der Waals surface area contributed by atoms with Crippen molar-refractivity contribution < 1.29 is 9.53 Å². The summed E-state index contributed by atoms with van der Waals surface area (Å²) in [5, 5.41) is 2.65. The van der Waals surface area contributed by atoms with E-state index in [-0.39, 0.29) is 12.5 Å². The number of rotatable bonds is 4. The van der Waals surface area contributed by atoms with Crippen LogP contribution >= 0.6 is 0 Å². The molecule has 0 aliphatic rings. The van der Waals surface area contributed by atoms with E-state index >= 15 is 0 Å². The second kappa shape index (κ2) is 5.26. The molecule has 0 saturated heterocycles. The van der Waals surface area contributed by atoms with Gasteiger partial charge in [0.25, 0.3) is 5.91 Å². The monoisotopic (exact) mass is 232 g/mol. The summed E-state index contributed by atoms with van der Waals surface area (Å²) in [6, 6.07) is 6.99. The first-order valence-electron chi connectivity index (χ1n) is 5.21. The van der Waals surface area contributed by atoms with Gasteiger partial charge in [-0.05, 0) is 26.0 Å². The molecular formula is C13H16N2O2. The molecule has 0 fully saturated rings. The summed E-state index contributed by atoms with van der Waals surface area (Å²) in [7, 11) is 0. The van der Waals surface area contributed by atoms with Crippen LogP contribution in [0.5, 0.6) is 5.75 Å². The minimum absolute atomic E-state index is 0.112. The van der Waals surface area contributed by atoms with E-state index in [1.54, 1.807) is 38.1 Å². The minimum atomic E-state index is -0.678. The molecule has 0 radical (unpaired) electrons. The molecule has 3 N–H and O–H groups in total. The summed E-state index contributed by atoms with van der Waals surface area (Å²) < 4.78 is 5.28. The zero-order valence-corrected chi connectivity index (χ0v) is 9.99. The average Bonchev–Trinajstić information content (AvgIpc) is 2.27. The number of anilines is 1. The molecule has 90 valence electrons. The van der Waals surface area contributed by atoms with Crippen molar-refractivity contribution in [1.29, 1.82) is 0 Å². The average molecular weight is 232 g/mol. The zero-order valence-electron chi connectivity index (χ0n) is 9.99. The molecule has 17 heavy (non-hydrogen) atoms. The highest BCUT2D eigenvalue weighted by atomic mass is 16.5. The maximum absolute atomic E-state index is 11.5. The second-order valence-corrected chi connectivity index (χ2v) is 4.14. The summed E-state index contributed by atoms with van der Waals surface area (Å²) in [5.41, 5.74) is 5.49. The number of nitrogen functional groups attached to an aromatic ring is 1. The molecule has 0 unspecified atom stereocenters. The van der Waals surface area contributed by atoms with Crippen LogP contribution in [0.4, 0.5) is 5.69 Å². The quantitative estimate of drug-likeness (QED) is 0.605. The van der Waals surface area contributed by atoms with Gasteiger partial charge in [-0.25, -0.2) is 0 Å². The van der Waals surface area contributed by atoms with Gasteiger partial charge in [-0.1, -0.05) is 18.1 Å². The Balaban J connectivity index is 2.50. The fourth-order valence-electron chi connectivity index (χ4n) is 1.18. The molecule has 4 nitrogen and oxygen atoms in total. The lowest BCUT2D eigenvalue weighted by Gasteiger charge is -2.19.